The van der Waals surface area contributed by atoms with Gasteiger partial charge in [-0.3, -0.25) is 4.57 Å². The largest absolute Gasteiger partial charge is 0.281 e. The summed E-state index contributed by atoms with van der Waals surface area (Å²) in [5, 5.41) is 1.26. The minimum absolute atomic E-state index is 0.367. The lowest BCUT2D eigenvalue weighted by Crippen LogP contribution is -2.10. The smallest absolute Gasteiger partial charge is 0.234 e. The summed E-state index contributed by atoms with van der Waals surface area (Å²) in [6, 6.07) is 37.0. The molecule has 0 radical (unpaired) electrons. The normalized spacial score (nSPS) is 17.3. The molecule has 218 valence electrons. The second-order valence-corrected chi connectivity index (χ2v) is 12.4. The summed E-state index contributed by atoms with van der Waals surface area (Å²) in [6.45, 7) is 4.62. The summed E-state index contributed by atoms with van der Waals surface area (Å²) in [4.78, 5) is 10.1. The number of hydrogen-bond acceptors (Lipinski definition) is 2. The number of benzene rings is 4. The lowest BCUT2D eigenvalue weighted by molar-refractivity contribution is 0.712. The van der Waals surface area contributed by atoms with Gasteiger partial charge in [0.1, 0.15) is 0 Å². The molecule has 0 bridgehead atoms. The highest BCUT2D eigenvalue weighted by molar-refractivity contribution is 5.95. The van der Waals surface area contributed by atoms with Crippen LogP contribution in [0, 0.1) is 5.92 Å². The fourth-order valence-corrected chi connectivity index (χ4v) is 6.98. The molecule has 2 heterocycles. The highest BCUT2D eigenvalue weighted by Gasteiger charge is 2.25. The zero-order valence-corrected chi connectivity index (χ0v) is 25.7. The molecule has 0 fully saturated rings. The van der Waals surface area contributed by atoms with Crippen molar-refractivity contribution in [3.05, 3.63) is 150 Å². The van der Waals surface area contributed by atoms with Gasteiger partial charge in [-0.15, -0.1) is 0 Å². The molecular formula is C42H35N3. The van der Waals surface area contributed by atoms with Crippen molar-refractivity contribution in [1.82, 2.24) is 14.5 Å². The Kier molecular flexibility index (Phi) is 6.87. The molecule has 2 aromatic heterocycles. The molecule has 0 aliphatic heterocycles. The zero-order chi connectivity index (χ0) is 30.3. The van der Waals surface area contributed by atoms with Crippen LogP contribution < -0.4 is 0 Å². The monoisotopic (exact) mass is 581 g/mol. The number of allylic oxidation sites excluding steroid dienone is 5. The van der Waals surface area contributed by atoms with Gasteiger partial charge in [0.05, 0.1) is 11.2 Å². The van der Waals surface area contributed by atoms with Crippen molar-refractivity contribution in [1.29, 1.82) is 0 Å². The predicted molar refractivity (Wildman–Crippen MR) is 188 cm³/mol. The second-order valence-electron chi connectivity index (χ2n) is 12.4. The number of rotatable bonds is 5. The minimum Gasteiger partial charge on any atom is -0.281 e. The van der Waals surface area contributed by atoms with Crippen molar-refractivity contribution in [3.8, 4) is 39.5 Å². The van der Waals surface area contributed by atoms with Gasteiger partial charge < -0.3 is 0 Å². The summed E-state index contributed by atoms with van der Waals surface area (Å²) < 4.78 is 2.32. The summed E-state index contributed by atoms with van der Waals surface area (Å²) in [5.41, 5.74) is 13.2. The highest BCUT2D eigenvalue weighted by atomic mass is 15.2. The molecule has 2 unspecified atom stereocenters. The van der Waals surface area contributed by atoms with Gasteiger partial charge in [-0.25, -0.2) is 9.97 Å². The van der Waals surface area contributed by atoms with Crippen molar-refractivity contribution in [2.45, 2.75) is 32.6 Å². The van der Waals surface area contributed by atoms with E-state index in [9.17, 15) is 0 Å². The van der Waals surface area contributed by atoms with Crippen molar-refractivity contribution >= 4 is 22.6 Å². The SMILES string of the molecule is CC1CC=CC=C1c1ccc2c3c(n(-c4nccc(-c5cccc(-c6ccc(-c7ccccc7)cc6)c5)n4)c2c1)C(C)CC=C3. The van der Waals surface area contributed by atoms with Crippen LogP contribution in [0.1, 0.15) is 49.4 Å². The molecule has 8 rings (SSSR count). The highest BCUT2D eigenvalue weighted by Crippen LogP contribution is 2.41. The van der Waals surface area contributed by atoms with Gasteiger partial charge in [-0.2, -0.15) is 0 Å². The molecule has 2 aliphatic rings. The van der Waals surface area contributed by atoms with Crippen LogP contribution in [0.3, 0.4) is 0 Å². The predicted octanol–water partition coefficient (Wildman–Crippen LogP) is 10.9. The molecule has 2 atom stereocenters. The van der Waals surface area contributed by atoms with Crippen LogP contribution >= 0.6 is 0 Å². The Bertz CT molecular complexity index is 2130. The van der Waals surface area contributed by atoms with Gasteiger partial charge in [-0.1, -0.05) is 129 Å². The van der Waals surface area contributed by atoms with Crippen LogP contribution in [0.5, 0.6) is 0 Å². The molecule has 2 aliphatic carbocycles. The Morgan fingerprint density at radius 1 is 0.644 bits per heavy atom. The molecule has 0 amide bonds. The first-order valence-corrected chi connectivity index (χ1v) is 16.0. The van der Waals surface area contributed by atoms with E-state index in [4.69, 9.17) is 9.97 Å². The van der Waals surface area contributed by atoms with E-state index in [1.54, 1.807) is 0 Å². The van der Waals surface area contributed by atoms with E-state index in [2.05, 4.69) is 146 Å². The Balaban J connectivity index is 1.21. The zero-order valence-electron chi connectivity index (χ0n) is 25.7. The lowest BCUT2D eigenvalue weighted by atomic mass is 9.87. The molecule has 0 saturated heterocycles. The Morgan fingerprint density at radius 2 is 1.36 bits per heavy atom. The van der Waals surface area contributed by atoms with Crippen LogP contribution in [-0.2, 0) is 0 Å². The molecule has 3 nitrogen and oxygen atoms in total. The Labute approximate surface area is 264 Å². The van der Waals surface area contributed by atoms with E-state index in [-0.39, 0.29) is 0 Å². The van der Waals surface area contributed by atoms with Gasteiger partial charge in [0.15, 0.2) is 0 Å². The fourth-order valence-electron chi connectivity index (χ4n) is 6.98. The van der Waals surface area contributed by atoms with Crippen LogP contribution in [-0.4, -0.2) is 14.5 Å². The molecule has 0 saturated carbocycles. The third-order valence-electron chi connectivity index (χ3n) is 9.38. The molecule has 3 heteroatoms. The quantitative estimate of drug-likeness (QED) is 0.203. The third-order valence-corrected chi connectivity index (χ3v) is 9.38. The van der Waals surface area contributed by atoms with Gasteiger partial charge in [0, 0.05) is 34.3 Å². The Morgan fingerprint density at radius 3 is 2.18 bits per heavy atom. The van der Waals surface area contributed by atoms with E-state index >= 15 is 0 Å². The Hall–Kier alpha value is -5.28. The fraction of sp³-hybridized carbons (Fsp3) is 0.143. The third kappa shape index (κ3) is 4.95. The van der Waals surface area contributed by atoms with E-state index in [0.717, 1.165) is 30.0 Å². The molecule has 0 N–H and O–H groups in total. The standard InChI is InChI=1S/C42H35N3/c1-28-10-6-7-16-36(28)34-22-23-37-38-17-8-11-29(2)41(38)45(40(37)27-34)42-43-25-24-39(44-42)35-15-9-14-33(26-35)32-20-18-31(19-21-32)30-12-4-3-5-13-30/h3-9,12-29H,10-11H2,1-2H3. The van der Waals surface area contributed by atoms with E-state index < -0.39 is 0 Å². The van der Waals surface area contributed by atoms with E-state index in [1.807, 2.05) is 12.3 Å². The van der Waals surface area contributed by atoms with E-state index in [1.165, 1.54) is 55.6 Å². The van der Waals surface area contributed by atoms with Crippen LogP contribution in [0.2, 0.25) is 0 Å². The average Bonchev–Trinajstić information content (AvgIpc) is 3.44. The van der Waals surface area contributed by atoms with Crippen molar-refractivity contribution in [3.63, 3.8) is 0 Å². The van der Waals surface area contributed by atoms with Gasteiger partial charge in [-0.05, 0) is 70.3 Å². The van der Waals surface area contributed by atoms with E-state index in [0.29, 0.717) is 11.8 Å². The van der Waals surface area contributed by atoms with Gasteiger partial charge in [0.25, 0.3) is 0 Å². The number of hydrogen-bond donors (Lipinski definition) is 0. The maximum atomic E-state index is 5.23. The van der Waals surface area contributed by atoms with Crippen LogP contribution in [0.4, 0.5) is 0 Å². The summed E-state index contributed by atoms with van der Waals surface area (Å²) >= 11 is 0. The van der Waals surface area contributed by atoms with Crippen molar-refractivity contribution in [2.24, 2.45) is 5.92 Å². The first-order valence-electron chi connectivity index (χ1n) is 16.0. The topological polar surface area (TPSA) is 30.7 Å². The molecule has 4 aromatic carbocycles. The van der Waals surface area contributed by atoms with Crippen LogP contribution in [0.15, 0.2) is 134 Å². The van der Waals surface area contributed by atoms with Crippen molar-refractivity contribution in [2.75, 3.05) is 0 Å². The van der Waals surface area contributed by atoms with Gasteiger partial charge in [0.2, 0.25) is 5.95 Å². The number of nitrogens with zero attached hydrogens (tertiary/aromatic N) is 3. The second kappa shape index (κ2) is 11.3. The average molecular weight is 582 g/mol. The lowest BCUT2D eigenvalue weighted by Gasteiger charge is -2.19. The first kappa shape index (κ1) is 27.3. The maximum Gasteiger partial charge on any atom is 0.234 e. The minimum atomic E-state index is 0.367. The maximum absolute atomic E-state index is 5.23. The molecule has 6 aromatic rings. The number of fused-ring (bicyclic) bond motifs is 3. The number of aromatic nitrogens is 3. The first-order chi connectivity index (χ1) is 22.1. The summed E-state index contributed by atoms with van der Waals surface area (Å²) in [7, 11) is 0. The summed E-state index contributed by atoms with van der Waals surface area (Å²) in [6.07, 6.45) is 15.3. The van der Waals surface area contributed by atoms with Gasteiger partial charge >= 0.3 is 0 Å². The summed E-state index contributed by atoms with van der Waals surface area (Å²) in [5.74, 6) is 1.58. The van der Waals surface area contributed by atoms with Crippen LogP contribution in [0.25, 0.3) is 62.0 Å². The van der Waals surface area contributed by atoms with Crippen molar-refractivity contribution < 1.29 is 0 Å². The molecule has 0 spiro atoms. The molecular weight excluding hydrogens is 546 g/mol. The molecule has 45 heavy (non-hydrogen) atoms.